The van der Waals surface area contributed by atoms with Gasteiger partial charge in [0.15, 0.2) is 0 Å². The molecule has 0 N–H and O–H groups in total. The molecule has 1 nitrogen and oxygen atoms in total. The third-order valence-corrected chi connectivity index (χ3v) is 1.94. The van der Waals surface area contributed by atoms with E-state index in [1.807, 2.05) is 25.1 Å². The SMILES string of the molecule is C[CH]Oc1ccccc1C(C)(C)C. The summed E-state index contributed by atoms with van der Waals surface area (Å²) in [6.07, 6.45) is 0. The zero-order chi connectivity index (χ0) is 9.90. The lowest BCUT2D eigenvalue weighted by molar-refractivity contribution is 0.399. The maximum Gasteiger partial charge on any atom is 0.132 e. The van der Waals surface area contributed by atoms with Crippen LogP contribution in [0.1, 0.15) is 33.3 Å². The highest BCUT2D eigenvalue weighted by Gasteiger charge is 2.17. The van der Waals surface area contributed by atoms with Gasteiger partial charge in [-0.1, -0.05) is 39.0 Å². The average Bonchev–Trinajstić information content (AvgIpc) is 2.04. The lowest BCUT2D eigenvalue weighted by Gasteiger charge is -2.22. The first-order valence-electron chi connectivity index (χ1n) is 4.59. The van der Waals surface area contributed by atoms with Crippen LogP contribution >= 0.6 is 0 Å². The summed E-state index contributed by atoms with van der Waals surface area (Å²) in [5.74, 6) is 0.956. The van der Waals surface area contributed by atoms with Crippen LogP contribution < -0.4 is 4.74 Å². The Bertz CT molecular complexity index is 271. The molecule has 71 valence electrons. The molecule has 0 heterocycles. The van der Waals surface area contributed by atoms with Crippen molar-refractivity contribution in [3.05, 3.63) is 36.4 Å². The summed E-state index contributed by atoms with van der Waals surface area (Å²) in [6.45, 7) is 10.2. The zero-order valence-corrected chi connectivity index (χ0v) is 8.79. The molecule has 13 heavy (non-hydrogen) atoms. The van der Waals surface area contributed by atoms with Gasteiger partial charge in [-0.15, -0.1) is 0 Å². The minimum absolute atomic E-state index is 0.138. The van der Waals surface area contributed by atoms with Crippen molar-refractivity contribution in [2.75, 3.05) is 0 Å². The molecule has 0 amide bonds. The summed E-state index contributed by atoms with van der Waals surface area (Å²) in [5, 5.41) is 0. The second-order valence-electron chi connectivity index (χ2n) is 4.10. The van der Waals surface area contributed by atoms with Gasteiger partial charge in [-0.3, -0.25) is 0 Å². The Hall–Kier alpha value is -0.980. The zero-order valence-electron chi connectivity index (χ0n) is 8.79. The highest BCUT2D eigenvalue weighted by Crippen LogP contribution is 2.30. The summed E-state index contributed by atoms with van der Waals surface area (Å²) in [7, 11) is 0. The number of benzene rings is 1. The first kappa shape index (κ1) is 10.1. The molecule has 1 radical (unpaired) electrons. The van der Waals surface area contributed by atoms with E-state index in [-0.39, 0.29) is 5.41 Å². The molecular formula is C12H17O. The fraction of sp³-hybridized carbons (Fsp3) is 0.417. The molecule has 0 saturated heterocycles. The smallest absolute Gasteiger partial charge is 0.132 e. The quantitative estimate of drug-likeness (QED) is 0.671. The summed E-state index contributed by atoms with van der Waals surface area (Å²) >= 11 is 0. The first-order valence-corrected chi connectivity index (χ1v) is 4.59. The lowest BCUT2D eigenvalue weighted by atomic mass is 9.86. The van der Waals surface area contributed by atoms with Crippen LogP contribution in [0, 0.1) is 6.61 Å². The van der Waals surface area contributed by atoms with Crippen molar-refractivity contribution in [2.45, 2.75) is 33.1 Å². The fourth-order valence-electron chi connectivity index (χ4n) is 1.32. The molecular weight excluding hydrogens is 160 g/mol. The van der Waals surface area contributed by atoms with E-state index in [0.717, 1.165) is 5.75 Å². The number of hydrogen-bond acceptors (Lipinski definition) is 1. The van der Waals surface area contributed by atoms with Gasteiger partial charge in [-0.2, -0.15) is 0 Å². The minimum atomic E-state index is 0.138. The van der Waals surface area contributed by atoms with Gasteiger partial charge in [-0.05, 0) is 24.0 Å². The van der Waals surface area contributed by atoms with E-state index < -0.39 is 0 Å². The number of hydrogen-bond donors (Lipinski definition) is 0. The van der Waals surface area contributed by atoms with Gasteiger partial charge in [0.25, 0.3) is 0 Å². The highest BCUT2D eigenvalue weighted by molar-refractivity contribution is 5.38. The van der Waals surface area contributed by atoms with Crippen LogP contribution in [0.3, 0.4) is 0 Å². The van der Waals surface area contributed by atoms with E-state index in [1.54, 1.807) is 6.61 Å². The van der Waals surface area contributed by atoms with E-state index in [0.29, 0.717) is 0 Å². The average molecular weight is 177 g/mol. The second kappa shape index (κ2) is 3.82. The van der Waals surface area contributed by atoms with Crippen LogP contribution in [0.4, 0.5) is 0 Å². The maximum atomic E-state index is 5.44. The molecule has 0 fully saturated rings. The van der Waals surface area contributed by atoms with Gasteiger partial charge in [0.1, 0.15) is 12.4 Å². The molecule has 0 saturated carbocycles. The third-order valence-electron chi connectivity index (χ3n) is 1.94. The summed E-state index contributed by atoms with van der Waals surface area (Å²) < 4.78 is 5.44. The normalized spacial score (nSPS) is 11.4. The Kier molecular flexibility index (Phi) is 2.97. The maximum absolute atomic E-state index is 5.44. The summed E-state index contributed by atoms with van der Waals surface area (Å²) in [4.78, 5) is 0. The monoisotopic (exact) mass is 177 g/mol. The molecule has 0 aliphatic rings. The minimum Gasteiger partial charge on any atom is -0.487 e. The molecule has 0 aromatic heterocycles. The highest BCUT2D eigenvalue weighted by atomic mass is 16.5. The topological polar surface area (TPSA) is 9.23 Å². The van der Waals surface area contributed by atoms with Crippen LogP contribution in [0.15, 0.2) is 24.3 Å². The largest absolute Gasteiger partial charge is 0.487 e. The van der Waals surface area contributed by atoms with Gasteiger partial charge in [0.05, 0.1) is 0 Å². The van der Waals surface area contributed by atoms with Gasteiger partial charge in [-0.25, -0.2) is 0 Å². The standard InChI is InChI=1S/C12H17O/c1-5-13-11-9-7-6-8-10(11)12(2,3)4/h5-9H,1-4H3. The van der Waals surface area contributed by atoms with Crippen LogP contribution in [-0.4, -0.2) is 0 Å². The number of para-hydroxylation sites is 1. The van der Waals surface area contributed by atoms with Crippen molar-refractivity contribution in [3.8, 4) is 5.75 Å². The Morgan fingerprint density at radius 2 is 1.77 bits per heavy atom. The molecule has 1 aromatic carbocycles. The molecule has 0 aliphatic heterocycles. The lowest BCUT2D eigenvalue weighted by Crippen LogP contribution is -2.12. The van der Waals surface area contributed by atoms with Gasteiger partial charge in [0.2, 0.25) is 0 Å². The van der Waals surface area contributed by atoms with Crippen LogP contribution in [0.5, 0.6) is 5.75 Å². The van der Waals surface area contributed by atoms with E-state index >= 15 is 0 Å². The first-order chi connectivity index (χ1) is 6.05. The van der Waals surface area contributed by atoms with E-state index in [9.17, 15) is 0 Å². The van der Waals surface area contributed by atoms with Crippen LogP contribution in [0.2, 0.25) is 0 Å². The second-order valence-corrected chi connectivity index (χ2v) is 4.10. The van der Waals surface area contributed by atoms with Crippen molar-refractivity contribution in [2.24, 2.45) is 0 Å². The van der Waals surface area contributed by atoms with Gasteiger partial charge < -0.3 is 4.74 Å². The molecule has 1 aromatic rings. The van der Waals surface area contributed by atoms with Crippen molar-refractivity contribution < 1.29 is 4.74 Å². The predicted octanol–water partition coefficient (Wildman–Crippen LogP) is 3.54. The summed E-state index contributed by atoms with van der Waals surface area (Å²) in [6, 6.07) is 8.15. The molecule has 0 unspecified atom stereocenters. The molecule has 0 aliphatic carbocycles. The van der Waals surface area contributed by atoms with E-state index in [2.05, 4.69) is 26.8 Å². The Labute approximate surface area is 80.7 Å². The van der Waals surface area contributed by atoms with Crippen molar-refractivity contribution >= 4 is 0 Å². The summed E-state index contributed by atoms with van der Waals surface area (Å²) in [5.41, 5.74) is 1.38. The van der Waals surface area contributed by atoms with Crippen molar-refractivity contribution in [3.63, 3.8) is 0 Å². The van der Waals surface area contributed by atoms with Crippen LogP contribution in [-0.2, 0) is 5.41 Å². The number of rotatable bonds is 2. The fourth-order valence-corrected chi connectivity index (χ4v) is 1.32. The van der Waals surface area contributed by atoms with E-state index in [1.165, 1.54) is 5.56 Å². The van der Waals surface area contributed by atoms with Gasteiger partial charge in [0, 0.05) is 0 Å². The molecule has 1 rings (SSSR count). The molecule has 0 spiro atoms. The van der Waals surface area contributed by atoms with Crippen molar-refractivity contribution in [1.82, 2.24) is 0 Å². The number of ether oxygens (including phenoxy) is 1. The molecule has 0 atom stereocenters. The molecule has 1 heteroatoms. The van der Waals surface area contributed by atoms with Crippen molar-refractivity contribution in [1.29, 1.82) is 0 Å². The van der Waals surface area contributed by atoms with Crippen LogP contribution in [0.25, 0.3) is 0 Å². The Morgan fingerprint density at radius 1 is 1.15 bits per heavy atom. The Morgan fingerprint density at radius 3 is 2.31 bits per heavy atom. The Balaban J connectivity index is 3.05. The third kappa shape index (κ3) is 2.48. The van der Waals surface area contributed by atoms with Gasteiger partial charge >= 0.3 is 0 Å². The van der Waals surface area contributed by atoms with E-state index in [4.69, 9.17) is 4.74 Å². The predicted molar refractivity (Wildman–Crippen MR) is 55.7 cm³/mol. The molecule has 0 bridgehead atoms.